The highest BCUT2D eigenvalue weighted by atomic mass is 16.6. The average molecular weight is 255 g/mol. The zero-order valence-corrected chi connectivity index (χ0v) is 9.79. The lowest BCUT2D eigenvalue weighted by Gasteiger charge is -2.08. The number of non-ortho nitro benzene ring substituents is 1. The molecule has 0 aliphatic heterocycles. The minimum Gasteiger partial charge on any atom is -0.492 e. The molecule has 0 spiro atoms. The molecule has 0 saturated carbocycles. The molecule has 7 heteroatoms. The second-order valence-corrected chi connectivity index (χ2v) is 3.44. The van der Waals surface area contributed by atoms with E-state index in [1.807, 2.05) is 0 Å². The summed E-state index contributed by atoms with van der Waals surface area (Å²) >= 11 is 0. The third-order valence-corrected chi connectivity index (χ3v) is 2.16. The molecule has 0 aromatic heterocycles. The first-order chi connectivity index (χ1) is 8.56. The minimum atomic E-state index is -1.19. The van der Waals surface area contributed by atoms with Crippen molar-refractivity contribution in [2.45, 2.75) is 6.42 Å². The first-order valence-corrected chi connectivity index (χ1v) is 5.19. The molecule has 0 aliphatic carbocycles. The summed E-state index contributed by atoms with van der Waals surface area (Å²) in [5.74, 6) is -1.19. The number of hydrogen-bond acceptors (Lipinski definition) is 5. The van der Waals surface area contributed by atoms with Crippen molar-refractivity contribution in [3.05, 3.63) is 33.9 Å². The van der Waals surface area contributed by atoms with Gasteiger partial charge in [0.1, 0.15) is 11.3 Å². The average Bonchev–Trinajstić information content (AvgIpc) is 2.34. The van der Waals surface area contributed by atoms with E-state index in [-0.39, 0.29) is 23.6 Å². The summed E-state index contributed by atoms with van der Waals surface area (Å²) in [6, 6.07) is 3.40. The Labute approximate surface area is 103 Å². The molecule has 18 heavy (non-hydrogen) atoms. The number of methoxy groups -OCH3 is 1. The fraction of sp³-hybridized carbons (Fsp3) is 0.364. The number of nitro benzene ring substituents is 1. The van der Waals surface area contributed by atoms with Crippen LogP contribution in [0.4, 0.5) is 5.69 Å². The van der Waals surface area contributed by atoms with Gasteiger partial charge in [0.15, 0.2) is 0 Å². The van der Waals surface area contributed by atoms with Gasteiger partial charge in [-0.25, -0.2) is 4.79 Å². The predicted molar refractivity (Wildman–Crippen MR) is 62.0 cm³/mol. The molecule has 0 unspecified atom stereocenters. The van der Waals surface area contributed by atoms with E-state index in [0.29, 0.717) is 13.0 Å². The van der Waals surface area contributed by atoms with E-state index in [1.165, 1.54) is 7.11 Å². The Morgan fingerprint density at radius 1 is 1.44 bits per heavy atom. The van der Waals surface area contributed by atoms with Gasteiger partial charge in [-0.1, -0.05) is 0 Å². The molecule has 98 valence electrons. The van der Waals surface area contributed by atoms with Crippen molar-refractivity contribution in [2.75, 3.05) is 20.3 Å². The first kappa shape index (κ1) is 13.9. The molecule has 0 saturated heterocycles. The summed E-state index contributed by atoms with van der Waals surface area (Å²) < 4.78 is 10.0. The van der Waals surface area contributed by atoms with Crippen LogP contribution in [0.1, 0.15) is 16.8 Å². The first-order valence-electron chi connectivity index (χ1n) is 5.19. The lowest BCUT2D eigenvalue weighted by atomic mass is 10.2. The highest BCUT2D eigenvalue weighted by molar-refractivity contribution is 5.91. The van der Waals surface area contributed by atoms with Gasteiger partial charge < -0.3 is 14.6 Å². The minimum absolute atomic E-state index is 0.00666. The van der Waals surface area contributed by atoms with Crippen LogP contribution in [0.15, 0.2) is 18.2 Å². The topological polar surface area (TPSA) is 98.9 Å². The zero-order valence-electron chi connectivity index (χ0n) is 9.79. The molecular weight excluding hydrogens is 242 g/mol. The monoisotopic (exact) mass is 255 g/mol. The van der Waals surface area contributed by atoms with Gasteiger partial charge in [0.05, 0.1) is 17.6 Å². The molecule has 0 bridgehead atoms. The van der Waals surface area contributed by atoms with Crippen molar-refractivity contribution in [3.63, 3.8) is 0 Å². The summed E-state index contributed by atoms with van der Waals surface area (Å²) in [5, 5.41) is 19.5. The second kappa shape index (κ2) is 6.55. The Kier molecular flexibility index (Phi) is 5.06. The van der Waals surface area contributed by atoms with Gasteiger partial charge >= 0.3 is 5.97 Å². The Hall–Kier alpha value is -2.15. The molecule has 0 aliphatic rings. The van der Waals surface area contributed by atoms with Crippen molar-refractivity contribution in [1.82, 2.24) is 0 Å². The third kappa shape index (κ3) is 3.70. The summed E-state index contributed by atoms with van der Waals surface area (Å²) in [4.78, 5) is 20.9. The van der Waals surface area contributed by atoms with E-state index in [2.05, 4.69) is 0 Å². The molecule has 0 radical (unpaired) electrons. The molecular formula is C11H13NO6. The van der Waals surface area contributed by atoms with Crippen LogP contribution in [-0.4, -0.2) is 36.3 Å². The van der Waals surface area contributed by atoms with Crippen molar-refractivity contribution < 1.29 is 24.3 Å². The van der Waals surface area contributed by atoms with Gasteiger partial charge in [-0.05, 0) is 6.07 Å². The van der Waals surface area contributed by atoms with Crippen molar-refractivity contribution in [3.8, 4) is 5.75 Å². The van der Waals surface area contributed by atoms with Crippen LogP contribution < -0.4 is 4.74 Å². The number of carbonyl (C=O) groups is 1. The lowest BCUT2D eigenvalue weighted by molar-refractivity contribution is -0.384. The number of carboxylic acid groups (broad SMARTS) is 1. The highest BCUT2D eigenvalue weighted by Gasteiger charge is 2.16. The van der Waals surface area contributed by atoms with Crippen LogP contribution in [0, 0.1) is 10.1 Å². The number of hydrogen-bond donors (Lipinski definition) is 1. The largest absolute Gasteiger partial charge is 0.492 e. The van der Waals surface area contributed by atoms with Crippen LogP contribution in [0.2, 0.25) is 0 Å². The molecule has 1 N–H and O–H groups in total. The van der Waals surface area contributed by atoms with Crippen LogP contribution in [0.3, 0.4) is 0 Å². The number of nitro groups is 1. The Balaban J connectivity index is 2.86. The van der Waals surface area contributed by atoms with E-state index in [1.54, 1.807) is 0 Å². The van der Waals surface area contributed by atoms with E-state index in [4.69, 9.17) is 14.6 Å². The van der Waals surface area contributed by atoms with E-state index in [0.717, 1.165) is 18.2 Å². The third-order valence-electron chi connectivity index (χ3n) is 2.16. The Morgan fingerprint density at radius 2 is 2.17 bits per heavy atom. The number of rotatable bonds is 7. The number of nitrogens with zero attached hydrogens (tertiary/aromatic N) is 1. The van der Waals surface area contributed by atoms with Crippen LogP contribution >= 0.6 is 0 Å². The molecule has 0 amide bonds. The molecule has 0 atom stereocenters. The maximum absolute atomic E-state index is 10.9. The number of aromatic carboxylic acids is 1. The highest BCUT2D eigenvalue weighted by Crippen LogP contribution is 2.25. The van der Waals surface area contributed by atoms with Gasteiger partial charge in [0.25, 0.3) is 5.69 Å². The normalized spacial score (nSPS) is 10.1. The molecule has 0 heterocycles. The van der Waals surface area contributed by atoms with Crippen molar-refractivity contribution >= 4 is 11.7 Å². The fourth-order valence-electron chi connectivity index (χ4n) is 1.31. The van der Waals surface area contributed by atoms with E-state index < -0.39 is 10.9 Å². The predicted octanol–water partition coefficient (Wildman–Crippen LogP) is 1.71. The van der Waals surface area contributed by atoms with Crippen molar-refractivity contribution in [1.29, 1.82) is 0 Å². The van der Waals surface area contributed by atoms with Gasteiger partial charge in [-0.3, -0.25) is 10.1 Å². The zero-order chi connectivity index (χ0) is 13.5. The SMILES string of the molecule is COCCCOc1cc([N+](=O)[O-])ccc1C(=O)O. The molecule has 7 nitrogen and oxygen atoms in total. The smallest absolute Gasteiger partial charge is 0.339 e. The van der Waals surface area contributed by atoms with E-state index >= 15 is 0 Å². The van der Waals surface area contributed by atoms with Gasteiger partial charge in [-0.15, -0.1) is 0 Å². The summed E-state index contributed by atoms with van der Waals surface area (Å²) in [6.07, 6.45) is 0.568. The Bertz CT molecular complexity index is 445. The second-order valence-electron chi connectivity index (χ2n) is 3.44. The lowest BCUT2D eigenvalue weighted by Crippen LogP contribution is -2.06. The number of ether oxygens (including phenoxy) is 2. The maximum Gasteiger partial charge on any atom is 0.339 e. The standard InChI is InChI=1S/C11H13NO6/c1-17-5-2-6-18-10-7-8(12(15)16)3-4-9(10)11(13)14/h3-4,7H,2,5-6H2,1H3,(H,13,14). The summed E-state index contributed by atoms with van der Waals surface area (Å²) in [6.45, 7) is 0.701. The van der Waals surface area contributed by atoms with Gasteiger partial charge in [-0.2, -0.15) is 0 Å². The Morgan fingerprint density at radius 3 is 2.72 bits per heavy atom. The fourth-order valence-corrected chi connectivity index (χ4v) is 1.31. The van der Waals surface area contributed by atoms with E-state index in [9.17, 15) is 14.9 Å². The molecule has 1 aromatic rings. The molecule has 1 rings (SSSR count). The van der Waals surface area contributed by atoms with Gasteiger partial charge in [0, 0.05) is 26.2 Å². The van der Waals surface area contributed by atoms with Crippen LogP contribution in [0.25, 0.3) is 0 Å². The maximum atomic E-state index is 10.9. The quantitative estimate of drug-likeness (QED) is 0.452. The number of benzene rings is 1. The van der Waals surface area contributed by atoms with Gasteiger partial charge in [0.2, 0.25) is 0 Å². The number of carboxylic acids is 1. The molecule has 0 fully saturated rings. The van der Waals surface area contributed by atoms with Crippen LogP contribution in [-0.2, 0) is 4.74 Å². The van der Waals surface area contributed by atoms with Crippen LogP contribution in [0.5, 0.6) is 5.75 Å². The van der Waals surface area contributed by atoms with Crippen molar-refractivity contribution in [2.24, 2.45) is 0 Å². The summed E-state index contributed by atoms with van der Waals surface area (Å²) in [5.41, 5.74) is -0.306. The summed E-state index contributed by atoms with van der Waals surface area (Å²) in [7, 11) is 1.54. The molecule has 1 aromatic carbocycles.